The van der Waals surface area contributed by atoms with E-state index in [1.807, 2.05) is 41.3 Å². The highest BCUT2D eigenvalue weighted by atomic mass is 16.2. The molecule has 1 amide bonds. The molecule has 0 saturated carbocycles. The number of hydrogen-bond donors (Lipinski definition) is 1. The van der Waals surface area contributed by atoms with Crippen LogP contribution in [0.15, 0.2) is 61.3 Å². The second-order valence-electron chi connectivity index (χ2n) is 6.94. The van der Waals surface area contributed by atoms with Gasteiger partial charge in [0.25, 0.3) is 5.91 Å². The van der Waals surface area contributed by atoms with E-state index in [0.29, 0.717) is 11.5 Å². The van der Waals surface area contributed by atoms with Gasteiger partial charge in [-0.2, -0.15) is 0 Å². The molecule has 142 valence electrons. The van der Waals surface area contributed by atoms with Gasteiger partial charge in [-0.05, 0) is 49.4 Å². The van der Waals surface area contributed by atoms with Crippen molar-refractivity contribution in [3.8, 4) is 0 Å². The van der Waals surface area contributed by atoms with Gasteiger partial charge in [0.2, 0.25) is 0 Å². The number of aromatic nitrogens is 4. The number of hydrogen-bond acceptors (Lipinski definition) is 6. The number of likely N-dealkylation sites (tertiary alicyclic amines) is 1. The Labute approximate surface area is 163 Å². The molecule has 1 atom stereocenters. The minimum atomic E-state index is 0.00354. The van der Waals surface area contributed by atoms with E-state index >= 15 is 0 Å². The topological polar surface area (TPSA) is 83.9 Å². The van der Waals surface area contributed by atoms with Gasteiger partial charge < -0.3 is 10.2 Å². The summed E-state index contributed by atoms with van der Waals surface area (Å²) in [5.41, 5.74) is 1.56. The Hall–Kier alpha value is -3.35. The molecule has 0 radical (unpaired) electrons. The molecule has 1 aliphatic heterocycles. The maximum atomic E-state index is 12.7. The molecular formula is C21H22N6O. The number of nitrogens with one attached hydrogen (secondary N) is 1. The lowest BCUT2D eigenvalue weighted by atomic mass is 9.93. The summed E-state index contributed by atoms with van der Waals surface area (Å²) < 4.78 is 0. The first-order valence-electron chi connectivity index (χ1n) is 9.46. The van der Waals surface area contributed by atoms with Gasteiger partial charge in [-0.1, -0.05) is 12.1 Å². The van der Waals surface area contributed by atoms with Gasteiger partial charge in [0.1, 0.15) is 18.0 Å². The van der Waals surface area contributed by atoms with Gasteiger partial charge in [-0.3, -0.25) is 4.79 Å². The molecular weight excluding hydrogens is 352 g/mol. The van der Waals surface area contributed by atoms with Crippen molar-refractivity contribution in [2.24, 2.45) is 5.92 Å². The van der Waals surface area contributed by atoms with E-state index in [-0.39, 0.29) is 5.91 Å². The van der Waals surface area contributed by atoms with Gasteiger partial charge in [0.05, 0.1) is 5.56 Å². The fraction of sp³-hybridized carbons (Fsp3) is 0.286. The predicted molar refractivity (Wildman–Crippen MR) is 106 cm³/mol. The molecule has 0 aromatic carbocycles. The Morgan fingerprint density at radius 1 is 1.11 bits per heavy atom. The monoisotopic (exact) mass is 374 g/mol. The van der Waals surface area contributed by atoms with Crippen LogP contribution in [0.1, 0.15) is 28.9 Å². The van der Waals surface area contributed by atoms with E-state index in [1.165, 1.54) is 6.33 Å². The average molecular weight is 374 g/mol. The molecule has 1 saturated heterocycles. The summed E-state index contributed by atoms with van der Waals surface area (Å²) in [6.45, 7) is 1.51. The molecule has 1 aliphatic rings. The Morgan fingerprint density at radius 2 is 1.96 bits per heavy atom. The second kappa shape index (κ2) is 8.56. The maximum Gasteiger partial charge on any atom is 0.256 e. The van der Waals surface area contributed by atoms with E-state index in [4.69, 9.17) is 4.98 Å². The van der Waals surface area contributed by atoms with Gasteiger partial charge in [-0.25, -0.2) is 19.9 Å². The summed E-state index contributed by atoms with van der Waals surface area (Å²) in [5, 5.41) is 3.23. The molecule has 0 aliphatic carbocycles. The first-order chi connectivity index (χ1) is 13.8. The number of rotatable bonds is 5. The summed E-state index contributed by atoms with van der Waals surface area (Å²) >= 11 is 0. The molecule has 7 nitrogen and oxygen atoms in total. The first kappa shape index (κ1) is 18.0. The zero-order chi connectivity index (χ0) is 19.2. The molecule has 3 aromatic rings. The van der Waals surface area contributed by atoms with Crippen LogP contribution in [0.3, 0.4) is 0 Å². The molecule has 1 unspecified atom stereocenters. The third-order valence-corrected chi connectivity index (χ3v) is 4.84. The van der Waals surface area contributed by atoms with Gasteiger partial charge in [0.15, 0.2) is 0 Å². The highest BCUT2D eigenvalue weighted by molar-refractivity contribution is 5.93. The molecule has 0 spiro atoms. The lowest BCUT2D eigenvalue weighted by Gasteiger charge is -2.32. The van der Waals surface area contributed by atoms with E-state index in [1.54, 1.807) is 18.6 Å². The Balaban J connectivity index is 1.40. The Kier molecular flexibility index (Phi) is 5.51. The number of carbonyl (C=O) groups is 1. The molecule has 3 aromatic heterocycles. The van der Waals surface area contributed by atoms with Crippen molar-refractivity contribution in [2.75, 3.05) is 18.4 Å². The quantitative estimate of drug-likeness (QED) is 0.739. The highest BCUT2D eigenvalue weighted by Crippen LogP contribution is 2.22. The lowest BCUT2D eigenvalue weighted by Crippen LogP contribution is -2.40. The zero-order valence-electron chi connectivity index (χ0n) is 15.5. The van der Waals surface area contributed by atoms with Crippen molar-refractivity contribution in [1.82, 2.24) is 24.8 Å². The van der Waals surface area contributed by atoms with Crippen molar-refractivity contribution in [2.45, 2.75) is 19.3 Å². The van der Waals surface area contributed by atoms with E-state index in [0.717, 1.165) is 49.7 Å². The molecule has 7 heteroatoms. The summed E-state index contributed by atoms with van der Waals surface area (Å²) in [7, 11) is 0. The average Bonchev–Trinajstić information content (AvgIpc) is 2.75. The lowest BCUT2D eigenvalue weighted by molar-refractivity contribution is 0.0672. The zero-order valence-corrected chi connectivity index (χ0v) is 15.5. The number of nitrogens with zero attached hydrogens (tertiary/aromatic N) is 5. The van der Waals surface area contributed by atoms with E-state index in [9.17, 15) is 4.79 Å². The minimum absolute atomic E-state index is 0.00354. The van der Waals surface area contributed by atoms with Crippen LogP contribution in [-0.2, 0) is 6.42 Å². The van der Waals surface area contributed by atoms with Crippen molar-refractivity contribution in [3.05, 3.63) is 72.6 Å². The summed E-state index contributed by atoms with van der Waals surface area (Å²) in [5.74, 6) is 1.94. The van der Waals surface area contributed by atoms with Crippen molar-refractivity contribution < 1.29 is 4.79 Å². The molecule has 28 heavy (non-hydrogen) atoms. The second-order valence-corrected chi connectivity index (χ2v) is 6.94. The number of carbonyl (C=O) groups excluding carboxylic acids is 1. The third-order valence-electron chi connectivity index (χ3n) is 4.84. The summed E-state index contributed by atoms with van der Waals surface area (Å²) in [6, 6.07) is 11.7. The van der Waals surface area contributed by atoms with E-state index in [2.05, 4.69) is 20.3 Å². The largest absolute Gasteiger partial charge is 0.338 e. The molecule has 1 N–H and O–H groups in total. The SMILES string of the molecule is O=C(c1cncnc1)N1CCCC(Cc2cccc(Nc3ccccn3)n2)C1. The van der Waals surface area contributed by atoms with Crippen LogP contribution in [0.2, 0.25) is 0 Å². The molecule has 4 heterocycles. The Bertz CT molecular complexity index is 918. The van der Waals surface area contributed by atoms with Gasteiger partial charge in [-0.15, -0.1) is 0 Å². The normalized spacial score (nSPS) is 16.6. The van der Waals surface area contributed by atoms with Crippen LogP contribution in [0.5, 0.6) is 0 Å². The standard InChI is InChI=1S/C21H22N6O/c28-21(17-12-22-15-23-13-17)27-10-4-5-16(14-27)11-18-6-3-8-20(25-18)26-19-7-1-2-9-24-19/h1-3,6-9,12-13,15-16H,4-5,10-11,14H2,(H,24,25,26). The number of pyridine rings is 2. The molecule has 4 rings (SSSR count). The predicted octanol–water partition coefficient (Wildman–Crippen LogP) is 3.11. The maximum absolute atomic E-state index is 12.7. The van der Waals surface area contributed by atoms with Gasteiger partial charge >= 0.3 is 0 Å². The van der Waals surface area contributed by atoms with Crippen molar-refractivity contribution >= 4 is 17.5 Å². The summed E-state index contributed by atoms with van der Waals surface area (Å²) in [4.78, 5) is 31.5. The Morgan fingerprint density at radius 3 is 2.79 bits per heavy atom. The summed E-state index contributed by atoms with van der Waals surface area (Å²) in [6.07, 6.45) is 9.27. The van der Waals surface area contributed by atoms with Crippen molar-refractivity contribution in [1.29, 1.82) is 0 Å². The molecule has 1 fully saturated rings. The van der Waals surface area contributed by atoms with Crippen LogP contribution < -0.4 is 5.32 Å². The van der Waals surface area contributed by atoms with Crippen LogP contribution in [0, 0.1) is 5.92 Å². The van der Waals surface area contributed by atoms with E-state index < -0.39 is 0 Å². The fourth-order valence-corrected chi connectivity index (χ4v) is 3.53. The van der Waals surface area contributed by atoms with Crippen molar-refractivity contribution in [3.63, 3.8) is 0 Å². The van der Waals surface area contributed by atoms with Crippen LogP contribution in [-0.4, -0.2) is 43.8 Å². The smallest absolute Gasteiger partial charge is 0.256 e. The van der Waals surface area contributed by atoms with Crippen LogP contribution in [0.4, 0.5) is 11.6 Å². The third kappa shape index (κ3) is 4.49. The first-order valence-corrected chi connectivity index (χ1v) is 9.46. The number of amides is 1. The fourth-order valence-electron chi connectivity index (χ4n) is 3.53. The molecule has 0 bridgehead atoms. The van der Waals surface area contributed by atoms with Gasteiger partial charge in [0, 0.05) is 37.4 Å². The highest BCUT2D eigenvalue weighted by Gasteiger charge is 2.25. The van der Waals surface area contributed by atoms with Crippen LogP contribution >= 0.6 is 0 Å². The minimum Gasteiger partial charge on any atom is -0.338 e. The van der Waals surface area contributed by atoms with Crippen LogP contribution in [0.25, 0.3) is 0 Å². The number of anilines is 2. The number of piperidine rings is 1.